The van der Waals surface area contributed by atoms with E-state index in [1.807, 2.05) is 0 Å². The van der Waals surface area contributed by atoms with Crippen molar-refractivity contribution in [1.29, 1.82) is 0 Å². The lowest BCUT2D eigenvalue weighted by Gasteiger charge is -2.47. The van der Waals surface area contributed by atoms with Gasteiger partial charge in [0.15, 0.2) is 0 Å². The van der Waals surface area contributed by atoms with Gasteiger partial charge in [0, 0.05) is 5.70 Å². The van der Waals surface area contributed by atoms with Crippen molar-refractivity contribution < 1.29 is 0 Å². The van der Waals surface area contributed by atoms with Crippen LogP contribution in [0.1, 0.15) is 5.56 Å². The van der Waals surface area contributed by atoms with Gasteiger partial charge in [-0.25, -0.2) is 0 Å². The zero-order valence-corrected chi connectivity index (χ0v) is 14.0. The van der Waals surface area contributed by atoms with E-state index in [4.69, 9.17) is 0 Å². The Morgan fingerprint density at radius 3 is 1.65 bits per heavy atom. The van der Waals surface area contributed by atoms with Crippen molar-refractivity contribution in [3.8, 4) is 0 Å². The lowest BCUT2D eigenvalue weighted by molar-refractivity contribution is 0.864. The van der Waals surface area contributed by atoms with Gasteiger partial charge in [0.25, 0.3) is 0 Å². The standard InChI is InChI=1S/C14H25NSi2/c1-13(14-11-9-8-10-12-14)15(16(2,3)4)17(5,6)7/h8-12H,1H2,2-7H3. The van der Waals surface area contributed by atoms with Gasteiger partial charge in [-0.15, -0.1) is 0 Å². The highest BCUT2D eigenvalue weighted by molar-refractivity contribution is 6.91. The highest BCUT2D eigenvalue weighted by Gasteiger charge is 2.35. The number of hydrogen-bond donors (Lipinski definition) is 0. The van der Waals surface area contributed by atoms with Gasteiger partial charge in [-0.3, -0.25) is 0 Å². The summed E-state index contributed by atoms with van der Waals surface area (Å²) in [5.74, 6) is 0. The maximum Gasteiger partial charge on any atom is 0.138 e. The molecule has 0 fully saturated rings. The largest absolute Gasteiger partial charge is 0.425 e. The maximum absolute atomic E-state index is 4.35. The molecule has 0 saturated heterocycles. The number of hydrogen-bond acceptors (Lipinski definition) is 1. The summed E-state index contributed by atoms with van der Waals surface area (Å²) in [5, 5.41) is 0. The van der Waals surface area contributed by atoms with Crippen LogP contribution in [0.4, 0.5) is 0 Å². The first-order valence-corrected chi connectivity index (χ1v) is 13.1. The second-order valence-corrected chi connectivity index (χ2v) is 16.5. The third kappa shape index (κ3) is 3.58. The summed E-state index contributed by atoms with van der Waals surface area (Å²) in [6, 6.07) is 10.6. The average molecular weight is 264 g/mol. The molecular weight excluding hydrogens is 238 g/mol. The van der Waals surface area contributed by atoms with Crippen molar-refractivity contribution in [3.63, 3.8) is 0 Å². The molecule has 94 valence electrons. The van der Waals surface area contributed by atoms with Crippen LogP contribution < -0.4 is 0 Å². The minimum atomic E-state index is -1.37. The van der Waals surface area contributed by atoms with Crippen LogP contribution in [0.2, 0.25) is 39.3 Å². The molecular formula is C14H25NSi2. The van der Waals surface area contributed by atoms with E-state index in [9.17, 15) is 0 Å². The van der Waals surface area contributed by atoms with Gasteiger partial charge in [0.05, 0.1) is 0 Å². The molecule has 0 amide bonds. The van der Waals surface area contributed by atoms with Crippen molar-refractivity contribution in [3.05, 3.63) is 42.5 Å². The van der Waals surface area contributed by atoms with Crippen LogP contribution in [0.3, 0.4) is 0 Å². The average Bonchev–Trinajstić information content (AvgIpc) is 2.14. The monoisotopic (exact) mass is 263 g/mol. The summed E-state index contributed by atoms with van der Waals surface area (Å²) >= 11 is 0. The Balaban J connectivity index is 3.14. The summed E-state index contributed by atoms with van der Waals surface area (Å²) in [6.45, 7) is 18.8. The Bertz CT molecular complexity index is 371. The summed E-state index contributed by atoms with van der Waals surface area (Å²) in [5.41, 5.74) is 2.47. The van der Waals surface area contributed by atoms with E-state index in [1.54, 1.807) is 0 Å². The maximum atomic E-state index is 4.35. The number of rotatable bonds is 4. The van der Waals surface area contributed by atoms with Crippen LogP contribution in [-0.4, -0.2) is 20.7 Å². The minimum absolute atomic E-state index is 1.21. The minimum Gasteiger partial charge on any atom is -0.425 e. The molecule has 1 aromatic rings. The zero-order valence-electron chi connectivity index (χ0n) is 12.0. The Morgan fingerprint density at radius 1 is 0.882 bits per heavy atom. The topological polar surface area (TPSA) is 3.24 Å². The highest BCUT2D eigenvalue weighted by Crippen LogP contribution is 2.29. The Kier molecular flexibility index (Phi) is 4.04. The number of nitrogens with zero attached hydrogens (tertiary/aromatic N) is 1. The highest BCUT2D eigenvalue weighted by atomic mass is 28.4. The Labute approximate surface area is 108 Å². The van der Waals surface area contributed by atoms with Crippen molar-refractivity contribution in [2.45, 2.75) is 39.3 Å². The van der Waals surface area contributed by atoms with Crippen molar-refractivity contribution in [2.24, 2.45) is 0 Å². The fourth-order valence-electron chi connectivity index (χ4n) is 2.58. The van der Waals surface area contributed by atoms with Gasteiger partial charge in [0.2, 0.25) is 0 Å². The van der Waals surface area contributed by atoms with Gasteiger partial charge < -0.3 is 4.23 Å². The Morgan fingerprint density at radius 2 is 1.29 bits per heavy atom. The first kappa shape index (κ1) is 14.3. The quantitative estimate of drug-likeness (QED) is 0.716. The van der Waals surface area contributed by atoms with Gasteiger partial charge in [0.1, 0.15) is 16.5 Å². The second kappa shape index (κ2) is 4.82. The Hall–Kier alpha value is -0.806. The normalized spacial score (nSPS) is 12.4. The van der Waals surface area contributed by atoms with Crippen LogP contribution in [0.5, 0.6) is 0 Å². The van der Waals surface area contributed by atoms with Crippen molar-refractivity contribution >= 4 is 22.2 Å². The molecule has 0 unspecified atom stereocenters. The summed E-state index contributed by atoms with van der Waals surface area (Å²) in [6.07, 6.45) is 0. The van der Waals surface area contributed by atoms with E-state index in [0.717, 1.165) is 0 Å². The predicted molar refractivity (Wildman–Crippen MR) is 84.0 cm³/mol. The summed E-state index contributed by atoms with van der Waals surface area (Å²) in [7, 11) is -2.74. The molecule has 1 aromatic carbocycles. The SMILES string of the molecule is C=C(c1ccccc1)N([Si](C)(C)C)[Si](C)(C)C. The lowest BCUT2D eigenvalue weighted by atomic mass is 10.2. The molecule has 17 heavy (non-hydrogen) atoms. The van der Waals surface area contributed by atoms with Crippen LogP contribution >= 0.6 is 0 Å². The van der Waals surface area contributed by atoms with Crippen LogP contribution in [0.15, 0.2) is 36.9 Å². The second-order valence-electron chi connectivity index (χ2n) is 6.49. The predicted octanol–water partition coefficient (Wildman–Crippen LogP) is 4.63. The van der Waals surface area contributed by atoms with E-state index >= 15 is 0 Å². The van der Waals surface area contributed by atoms with Crippen LogP contribution in [-0.2, 0) is 0 Å². The van der Waals surface area contributed by atoms with Gasteiger partial charge in [-0.05, 0) is 5.56 Å². The molecule has 1 nitrogen and oxygen atoms in total. The fourth-order valence-corrected chi connectivity index (χ4v) is 12.5. The third-order valence-electron chi connectivity index (χ3n) is 2.72. The first-order chi connectivity index (χ1) is 7.64. The molecule has 3 heteroatoms. The lowest BCUT2D eigenvalue weighted by Crippen LogP contribution is -2.57. The molecule has 0 atom stereocenters. The van der Waals surface area contributed by atoms with E-state index in [1.165, 1.54) is 11.3 Å². The molecule has 0 N–H and O–H groups in total. The van der Waals surface area contributed by atoms with Gasteiger partial charge in [-0.1, -0.05) is 76.2 Å². The molecule has 0 heterocycles. The third-order valence-corrected chi connectivity index (χ3v) is 9.97. The van der Waals surface area contributed by atoms with Crippen molar-refractivity contribution in [2.75, 3.05) is 0 Å². The van der Waals surface area contributed by atoms with E-state index in [2.05, 4.69) is 80.4 Å². The first-order valence-electron chi connectivity index (χ1n) is 6.19. The zero-order chi connectivity index (χ0) is 13.3. The molecule has 0 radical (unpaired) electrons. The smallest absolute Gasteiger partial charge is 0.138 e. The van der Waals surface area contributed by atoms with Crippen molar-refractivity contribution in [1.82, 2.24) is 4.23 Å². The van der Waals surface area contributed by atoms with E-state index in [0.29, 0.717) is 0 Å². The van der Waals surface area contributed by atoms with E-state index < -0.39 is 16.5 Å². The van der Waals surface area contributed by atoms with E-state index in [-0.39, 0.29) is 0 Å². The molecule has 0 saturated carbocycles. The van der Waals surface area contributed by atoms with Crippen LogP contribution in [0, 0.1) is 0 Å². The summed E-state index contributed by atoms with van der Waals surface area (Å²) < 4.78 is 2.66. The molecule has 0 aromatic heterocycles. The van der Waals surface area contributed by atoms with Gasteiger partial charge in [-0.2, -0.15) is 0 Å². The molecule has 0 spiro atoms. The molecule has 0 bridgehead atoms. The molecule has 0 aliphatic carbocycles. The molecule has 0 aliphatic rings. The van der Waals surface area contributed by atoms with Crippen LogP contribution in [0.25, 0.3) is 5.70 Å². The molecule has 1 rings (SSSR count). The molecule has 0 aliphatic heterocycles. The summed E-state index contributed by atoms with van der Waals surface area (Å²) in [4.78, 5) is 0. The fraction of sp³-hybridized carbons (Fsp3) is 0.429. The number of benzene rings is 1. The van der Waals surface area contributed by atoms with Gasteiger partial charge >= 0.3 is 0 Å².